The smallest absolute Gasteiger partial charge is 0.328 e. The molecule has 0 amide bonds. The Morgan fingerprint density at radius 2 is 1.26 bits per heavy atom. The zero-order valence-electron chi connectivity index (χ0n) is 29.1. The standard InChI is InChI=1S/C46H33N5O2/c1-50-38-23-22-34(26-39(38)51(2)46(50)52)31-14-8-15-35(24-31)45-48-43(29-10-4-3-5-11-29)47-44(49-45)30-20-18-28(19-21-30)36-16-9-17-40-42(36)37-25-32-12-6-7-13-33(32)27-41(37)53-40/h3-27,43H,1-2H3,(H,47,48,49). The van der Waals surface area contributed by atoms with E-state index < -0.39 is 0 Å². The van der Waals surface area contributed by atoms with E-state index in [9.17, 15) is 4.79 Å². The Kier molecular flexibility index (Phi) is 7.01. The van der Waals surface area contributed by atoms with Crippen molar-refractivity contribution in [1.29, 1.82) is 0 Å². The average Bonchev–Trinajstić information content (AvgIpc) is 3.69. The summed E-state index contributed by atoms with van der Waals surface area (Å²) in [5.41, 5.74) is 10.7. The van der Waals surface area contributed by atoms with Crippen LogP contribution in [0.2, 0.25) is 0 Å². The predicted octanol–water partition coefficient (Wildman–Crippen LogP) is 9.76. The summed E-state index contributed by atoms with van der Waals surface area (Å²) in [6.07, 6.45) is -0.321. The lowest BCUT2D eigenvalue weighted by molar-refractivity contribution is 0.669. The quantitative estimate of drug-likeness (QED) is 0.196. The molecule has 1 unspecified atom stereocenters. The number of amidine groups is 2. The largest absolute Gasteiger partial charge is 0.456 e. The summed E-state index contributed by atoms with van der Waals surface area (Å²) in [5.74, 6) is 1.40. The fourth-order valence-corrected chi connectivity index (χ4v) is 7.61. The minimum Gasteiger partial charge on any atom is -0.456 e. The molecule has 0 fully saturated rings. The maximum Gasteiger partial charge on any atom is 0.328 e. The number of rotatable bonds is 5. The lowest BCUT2D eigenvalue weighted by atomic mass is 9.97. The highest BCUT2D eigenvalue weighted by molar-refractivity contribution is 6.16. The number of fused-ring (bicyclic) bond motifs is 5. The van der Waals surface area contributed by atoms with Gasteiger partial charge in [0.1, 0.15) is 23.2 Å². The van der Waals surface area contributed by atoms with Gasteiger partial charge in [-0.2, -0.15) is 0 Å². The van der Waals surface area contributed by atoms with Crippen molar-refractivity contribution in [2.75, 3.05) is 0 Å². The first-order valence-corrected chi connectivity index (χ1v) is 17.7. The van der Waals surface area contributed by atoms with Crippen LogP contribution in [0.1, 0.15) is 22.9 Å². The van der Waals surface area contributed by atoms with E-state index >= 15 is 0 Å². The molecule has 10 rings (SSSR count). The number of aliphatic imine (C=N–C) groups is 2. The molecule has 0 aliphatic carbocycles. The van der Waals surface area contributed by atoms with E-state index in [0.29, 0.717) is 5.84 Å². The van der Waals surface area contributed by atoms with Crippen LogP contribution < -0.4 is 11.0 Å². The first-order chi connectivity index (χ1) is 26.0. The van der Waals surface area contributed by atoms with Crippen molar-refractivity contribution in [3.8, 4) is 22.3 Å². The van der Waals surface area contributed by atoms with Crippen molar-refractivity contribution >= 4 is 55.4 Å². The minimum atomic E-state index is -0.321. The van der Waals surface area contributed by atoms with Gasteiger partial charge in [-0.25, -0.2) is 14.8 Å². The average molecular weight is 688 g/mol. The van der Waals surface area contributed by atoms with Crippen LogP contribution in [0.5, 0.6) is 0 Å². The van der Waals surface area contributed by atoms with Crippen LogP contribution in [0.25, 0.3) is 66.0 Å². The molecule has 2 aromatic heterocycles. The number of nitrogens with zero attached hydrogens (tertiary/aromatic N) is 4. The second kappa shape index (κ2) is 12.1. The number of benzene rings is 7. The first-order valence-electron chi connectivity index (χ1n) is 17.7. The molecule has 1 N–H and O–H groups in total. The Balaban J connectivity index is 1.04. The Morgan fingerprint density at radius 1 is 0.585 bits per heavy atom. The Morgan fingerprint density at radius 3 is 2.09 bits per heavy atom. The fourth-order valence-electron chi connectivity index (χ4n) is 7.61. The molecule has 3 heterocycles. The van der Waals surface area contributed by atoms with E-state index in [1.54, 1.807) is 16.2 Å². The van der Waals surface area contributed by atoms with Crippen LogP contribution in [-0.4, -0.2) is 20.8 Å². The summed E-state index contributed by atoms with van der Waals surface area (Å²) >= 11 is 0. The highest BCUT2D eigenvalue weighted by Gasteiger charge is 2.22. The Labute approximate surface area is 304 Å². The summed E-state index contributed by atoms with van der Waals surface area (Å²) in [4.78, 5) is 22.8. The zero-order chi connectivity index (χ0) is 35.6. The first kappa shape index (κ1) is 30.8. The van der Waals surface area contributed by atoms with Crippen molar-refractivity contribution in [3.05, 3.63) is 179 Å². The molecule has 0 saturated heterocycles. The van der Waals surface area contributed by atoms with E-state index in [-0.39, 0.29) is 11.9 Å². The van der Waals surface area contributed by atoms with Crippen LogP contribution in [0.4, 0.5) is 0 Å². The lowest BCUT2D eigenvalue weighted by Gasteiger charge is -2.24. The number of aromatic nitrogens is 2. The molecule has 1 aliphatic rings. The molecule has 0 bridgehead atoms. The Bertz CT molecular complexity index is 3020. The van der Waals surface area contributed by atoms with Crippen molar-refractivity contribution in [2.24, 2.45) is 24.1 Å². The third-order valence-electron chi connectivity index (χ3n) is 10.4. The number of hydrogen-bond acceptors (Lipinski definition) is 5. The van der Waals surface area contributed by atoms with Gasteiger partial charge in [0.15, 0.2) is 5.84 Å². The summed E-state index contributed by atoms with van der Waals surface area (Å²) in [7, 11) is 3.61. The van der Waals surface area contributed by atoms with Gasteiger partial charge >= 0.3 is 5.69 Å². The molecule has 254 valence electrons. The molecule has 0 spiro atoms. The molecular weight excluding hydrogens is 655 g/mol. The Hall–Kier alpha value is -6.99. The highest BCUT2D eigenvalue weighted by Crippen LogP contribution is 2.38. The molecule has 53 heavy (non-hydrogen) atoms. The van der Waals surface area contributed by atoms with Crippen LogP contribution in [0.15, 0.2) is 171 Å². The third kappa shape index (κ3) is 5.16. The molecule has 1 aliphatic heterocycles. The zero-order valence-corrected chi connectivity index (χ0v) is 29.1. The number of aryl methyl sites for hydroxylation is 2. The summed E-state index contributed by atoms with van der Waals surface area (Å²) in [6, 6.07) is 52.2. The van der Waals surface area contributed by atoms with E-state index in [0.717, 1.165) is 83.1 Å². The molecule has 7 nitrogen and oxygen atoms in total. The van der Waals surface area contributed by atoms with Crippen molar-refractivity contribution in [1.82, 2.24) is 14.5 Å². The fraction of sp³-hybridized carbons (Fsp3) is 0.0652. The number of hydrogen-bond donors (Lipinski definition) is 1. The molecule has 9 aromatic rings. The molecule has 0 saturated carbocycles. The minimum absolute atomic E-state index is 0.0424. The van der Waals surface area contributed by atoms with Crippen LogP contribution in [0, 0.1) is 0 Å². The number of imidazole rings is 1. The van der Waals surface area contributed by atoms with Crippen LogP contribution in [-0.2, 0) is 14.1 Å². The maximum atomic E-state index is 12.6. The normalized spacial score (nSPS) is 14.5. The van der Waals surface area contributed by atoms with E-state index in [2.05, 4.69) is 121 Å². The molecule has 1 atom stereocenters. The summed E-state index contributed by atoms with van der Waals surface area (Å²) in [5, 5.41) is 8.17. The van der Waals surface area contributed by atoms with E-state index in [4.69, 9.17) is 14.4 Å². The van der Waals surface area contributed by atoms with Crippen LogP contribution in [0.3, 0.4) is 0 Å². The summed E-state index contributed by atoms with van der Waals surface area (Å²) in [6.45, 7) is 0. The van der Waals surface area contributed by atoms with Gasteiger partial charge < -0.3 is 9.73 Å². The lowest BCUT2D eigenvalue weighted by Crippen LogP contribution is -2.33. The topological polar surface area (TPSA) is 76.8 Å². The molecule has 0 radical (unpaired) electrons. The molecular formula is C46H33N5O2. The van der Waals surface area contributed by atoms with E-state index in [1.165, 1.54) is 5.39 Å². The number of nitrogens with one attached hydrogen (secondary N) is 1. The second-order valence-corrected chi connectivity index (χ2v) is 13.6. The van der Waals surface area contributed by atoms with Gasteiger partial charge in [-0.15, -0.1) is 0 Å². The van der Waals surface area contributed by atoms with Crippen molar-refractivity contribution in [3.63, 3.8) is 0 Å². The molecule has 7 heteroatoms. The van der Waals surface area contributed by atoms with Crippen LogP contribution >= 0.6 is 0 Å². The maximum absolute atomic E-state index is 12.6. The molecule has 7 aromatic carbocycles. The van der Waals surface area contributed by atoms with Gasteiger partial charge in [0.25, 0.3) is 0 Å². The van der Waals surface area contributed by atoms with Gasteiger partial charge in [-0.05, 0) is 75.0 Å². The summed E-state index contributed by atoms with van der Waals surface area (Å²) < 4.78 is 9.72. The van der Waals surface area contributed by atoms with Crippen molar-refractivity contribution < 1.29 is 4.42 Å². The second-order valence-electron chi connectivity index (χ2n) is 13.6. The number of furan rings is 1. The van der Waals surface area contributed by atoms with Gasteiger partial charge in [0.05, 0.1) is 11.0 Å². The van der Waals surface area contributed by atoms with Crippen molar-refractivity contribution in [2.45, 2.75) is 6.17 Å². The SMILES string of the molecule is Cn1c(=O)n(C)c2cc(-c3cccc(C4=NC(c5ccc(-c6cccc7oc8cc9ccccc9cc8c67)cc5)=NC(c5ccccc5)N4)c3)ccc21. The van der Waals surface area contributed by atoms with Gasteiger partial charge in [-0.3, -0.25) is 9.13 Å². The third-order valence-corrected chi connectivity index (χ3v) is 10.4. The van der Waals surface area contributed by atoms with E-state index in [1.807, 2.05) is 43.4 Å². The predicted molar refractivity (Wildman–Crippen MR) is 216 cm³/mol. The van der Waals surface area contributed by atoms with Gasteiger partial charge in [0, 0.05) is 36.0 Å². The highest BCUT2D eigenvalue weighted by atomic mass is 16.3. The van der Waals surface area contributed by atoms with Gasteiger partial charge in [-0.1, -0.05) is 115 Å². The monoisotopic (exact) mass is 687 g/mol. The van der Waals surface area contributed by atoms with Gasteiger partial charge in [0.2, 0.25) is 0 Å².